The van der Waals surface area contributed by atoms with Crippen LogP contribution in [-0.4, -0.2) is 0 Å². The molecule has 0 bridgehead atoms. The summed E-state index contributed by atoms with van der Waals surface area (Å²) in [6.45, 7) is 2.92. The molecule has 0 amide bonds. The van der Waals surface area contributed by atoms with Gasteiger partial charge in [0.2, 0.25) is 0 Å². The highest BCUT2D eigenvalue weighted by molar-refractivity contribution is 14.1. The zero-order valence-electron chi connectivity index (χ0n) is 9.11. The maximum Gasteiger partial charge on any atom is 0.117 e. The molecule has 0 spiro atoms. The van der Waals surface area contributed by atoms with Crippen molar-refractivity contribution < 1.29 is 4.42 Å². The van der Waals surface area contributed by atoms with Crippen molar-refractivity contribution in [2.24, 2.45) is 0 Å². The fraction of sp³-hybridized carbons (Fsp3) is 0.231. The molecule has 16 heavy (non-hydrogen) atoms. The minimum Gasteiger partial charge on any atom is -0.468 e. The number of halogens is 1. The van der Waals surface area contributed by atoms with Gasteiger partial charge in [0, 0.05) is 9.61 Å². The first-order chi connectivity index (χ1) is 7.75. The lowest BCUT2D eigenvalue weighted by Crippen LogP contribution is -2.17. The monoisotopic (exact) mass is 327 g/mol. The molecule has 84 valence electrons. The molecule has 0 radical (unpaired) electrons. The maximum absolute atomic E-state index is 5.28. The Kier molecular flexibility index (Phi) is 4.01. The third-order valence-corrected chi connectivity index (χ3v) is 3.25. The van der Waals surface area contributed by atoms with Gasteiger partial charge in [0.1, 0.15) is 5.76 Å². The van der Waals surface area contributed by atoms with Crippen LogP contribution < -0.4 is 5.32 Å². The second-order valence-electron chi connectivity index (χ2n) is 3.73. The van der Waals surface area contributed by atoms with Crippen LogP contribution >= 0.6 is 22.6 Å². The number of furan rings is 1. The lowest BCUT2D eigenvalue weighted by atomic mass is 10.1. The van der Waals surface area contributed by atoms with E-state index < -0.39 is 0 Å². The summed E-state index contributed by atoms with van der Waals surface area (Å²) in [5, 5.41) is 3.42. The Hall–Kier alpha value is -0.810. The van der Waals surface area contributed by atoms with Gasteiger partial charge in [0.25, 0.3) is 0 Å². The Morgan fingerprint density at radius 3 is 2.62 bits per heavy atom. The standard InChI is InChI=1S/C13H14INO/c1-10(11-4-6-12(14)7-5-11)15-9-13-3-2-8-16-13/h2-8,10,15H,9H2,1H3. The number of hydrogen-bond donors (Lipinski definition) is 1. The quantitative estimate of drug-likeness (QED) is 0.866. The van der Waals surface area contributed by atoms with Crippen molar-refractivity contribution in [2.45, 2.75) is 19.5 Å². The highest BCUT2D eigenvalue weighted by Gasteiger charge is 2.05. The Morgan fingerprint density at radius 2 is 2.00 bits per heavy atom. The van der Waals surface area contributed by atoms with E-state index in [4.69, 9.17) is 4.42 Å². The van der Waals surface area contributed by atoms with Crippen LogP contribution in [-0.2, 0) is 6.54 Å². The smallest absolute Gasteiger partial charge is 0.117 e. The lowest BCUT2D eigenvalue weighted by molar-refractivity contribution is 0.460. The fourth-order valence-electron chi connectivity index (χ4n) is 1.54. The van der Waals surface area contributed by atoms with Gasteiger partial charge in [-0.2, -0.15) is 0 Å². The summed E-state index contributed by atoms with van der Waals surface area (Å²) in [4.78, 5) is 0. The second kappa shape index (κ2) is 5.50. The highest BCUT2D eigenvalue weighted by Crippen LogP contribution is 2.15. The van der Waals surface area contributed by atoms with Gasteiger partial charge in [-0.15, -0.1) is 0 Å². The summed E-state index contributed by atoms with van der Waals surface area (Å²) in [6, 6.07) is 12.8. The molecular weight excluding hydrogens is 313 g/mol. The molecule has 2 rings (SSSR count). The van der Waals surface area contributed by atoms with Crippen LogP contribution in [0.1, 0.15) is 24.3 Å². The van der Waals surface area contributed by atoms with Gasteiger partial charge < -0.3 is 9.73 Å². The predicted molar refractivity (Wildman–Crippen MR) is 73.1 cm³/mol. The summed E-state index contributed by atoms with van der Waals surface area (Å²) in [7, 11) is 0. The Bertz CT molecular complexity index is 422. The molecule has 1 unspecified atom stereocenters. The molecule has 2 nitrogen and oxygen atoms in total. The van der Waals surface area contributed by atoms with E-state index in [0.717, 1.165) is 12.3 Å². The van der Waals surface area contributed by atoms with Crippen molar-refractivity contribution in [1.82, 2.24) is 5.32 Å². The molecule has 0 saturated carbocycles. The number of rotatable bonds is 4. The first kappa shape index (κ1) is 11.7. The number of hydrogen-bond acceptors (Lipinski definition) is 2. The molecule has 1 aromatic heterocycles. The van der Waals surface area contributed by atoms with Crippen molar-refractivity contribution in [1.29, 1.82) is 0 Å². The van der Waals surface area contributed by atoms with E-state index in [2.05, 4.69) is 59.1 Å². The SMILES string of the molecule is CC(NCc1ccco1)c1ccc(I)cc1. The minimum absolute atomic E-state index is 0.335. The van der Waals surface area contributed by atoms with Crippen LogP contribution in [0, 0.1) is 3.57 Å². The molecule has 2 aromatic rings. The Balaban J connectivity index is 1.93. The van der Waals surface area contributed by atoms with E-state index >= 15 is 0 Å². The molecule has 0 fully saturated rings. The minimum atomic E-state index is 0.335. The van der Waals surface area contributed by atoms with Crippen LogP contribution in [0.15, 0.2) is 47.1 Å². The molecule has 1 heterocycles. The van der Waals surface area contributed by atoms with E-state index in [9.17, 15) is 0 Å². The zero-order valence-corrected chi connectivity index (χ0v) is 11.3. The van der Waals surface area contributed by atoms with E-state index in [1.807, 2.05) is 12.1 Å². The average Bonchev–Trinajstić information content (AvgIpc) is 2.80. The summed E-state index contributed by atoms with van der Waals surface area (Å²) in [6.07, 6.45) is 1.70. The molecule has 0 aliphatic heterocycles. The average molecular weight is 327 g/mol. The van der Waals surface area contributed by atoms with Crippen molar-refractivity contribution in [3.8, 4) is 0 Å². The first-order valence-electron chi connectivity index (χ1n) is 5.27. The largest absolute Gasteiger partial charge is 0.468 e. The van der Waals surface area contributed by atoms with Crippen molar-refractivity contribution in [3.05, 3.63) is 57.6 Å². The van der Waals surface area contributed by atoms with Crippen LogP contribution in [0.2, 0.25) is 0 Å². The van der Waals surface area contributed by atoms with Gasteiger partial charge in [-0.1, -0.05) is 12.1 Å². The van der Waals surface area contributed by atoms with Crippen LogP contribution in [0.4, 0.5) is 0 Å². The Labute approximate surface area is 109 Å². The molecule has 0 aliphatic rings. The van der Waals surface area contributed by atoms with E-state index in [0.29, 0.717) is 6.04 Å². The van der Waals surface area contributed by atoms with Crippen molar-refractivity contribution in [3.63, 3.8) is 0 Å². The van der Waals surface area contributed by atoms with Gasteiger partial charge in [0.15, 0.2) is 0 Å². The van der Waals surface area contributed by atoms with Crippen LogP contribution in [0.25, 0.3) is 0 Å². The van der Waals surface area contributed by atoms with E-state index in [1.165, 1.54) is 9.13 Å². The highest BCUT2D eigenvalue weighted by atomic mass is 127. The number of nitrogens with one attached hydrogen (secondary N) is 1. The van der Waals surface area contributed by atoms with Crippen molar-refractivity contribution in [2.75, 3.05) is 0 Å². The van der Waals surface area contributed by atoms with Crippen LogP contribution in [0.5, 0.6) is 0 Å². The normalized spacial score (nSPS) is 12.6. The lowest BCUT2D eigenvalue weighted by Gasteiger charge is -2.13. The summed E-state index contributed by atoms with van der Waals surface area (Å²) < 4.78 is 6.54. The van der Waals surface area contributed by atoms with Gasteiger partial charge in [-0.25, -0.2) is 0 Å². The number of benzene rings is 1. The first-order valence-corrected chi connectivity index (χ1v) is 6.35. The topological polar surface area (TPSA) is 25.2 Å². The third-order valence-electron chi connectivity index (χ3n) is 2.53. The Morgan fingerprint density at radius 1 is 1.25 bits per heavy atom. The van der Waals surface area contributed by atoms with Gasteiger partial charge in [-0.3, -0.25) is 0 Å². The predicted octanol–water partition coefficient (Wildman–Crippen LogP) is 3.74. The molecule has 0 aliphatic carbocycles. The third kappa shape index (κ3) is 3.09. The van der Waals surface area contributed by atoms with Gasteiger partial charge >= 0.3 is 0 Å². The van der Waals surface area contributed by atoms with E-state index in [-0.39, 0.29) is 0 Å². The molecular formula is C13H14INO. The molecule has 1 atom stereocenters. The zero-order chi connectivity index (χ0) is 11.4. The van der Waals surface area contributed by atoms with Crippen molar-refractivity contribution >= 4 is 22.6 Å². The summed E-state index contributed by atoms with van der Waals surface area (Å²) >= 11 is 2.31. The maximum atomic E-state index is 5.28. The summed E-state index contributed by atoms with van der Waals surface area (Å²) in [5.41, 5.74) is 1.30. The van der Waals surface area contributed by atoms with E-state index in [1.54, 1.807) is 6.26 Å². The van der Waals surface area contributed by atoms with Gasteiger partial charge in [-0.05, 0) is 59.3 Å². The molecule has 1 N–H and O–H groups in total. The molecule has 1 aromatic carbocycles. The second-order valence-corrected chi connectivity index (χ2v) is 4.98. The van der Waals surface area contributed by atoms with Crippen LogP contribution in [0.3, 0.4) is 0 Å². The summed E-state index contributed by atoms with van der Waals surface area (Å²) in [5.74, 6) is 0.970. The molecule has 3 heteroatoms. The molecule has 0 saturated heterocycles. The van der Waals surface area contributed by atoms with Gasteiger partial charge in [0.05, 0.1) is 12.8 Å². The fourth-order valence-corrected chi connectivity index (χ4v) is 1.90.